The van der Waals surface area contributed by atoms with Gasteiger partial charge in [-0.15, -0.1) is 0 Å². The molecule has 1 fully saturated rings. The lowest BCUT2D eigenvalue weighted by atomic mass is 10.1. The summed E-state index contributed by atoms with van der Waals surface area (Å²) >= 11 is 7.91. The summed E-state index contributed by atoms with van der Waals surface area (Å²) in [6.07, 6.45) is -1.31. The predicted molar refractivity (Wildman–Crippen MR) is 128 cm³/mol. The predicted octanol–water partition coefficient (Wildman–Crippen LogP) is 3.38. The monoisotopic (exact) mass is 552 g/mol. The van der Waals surface area contributed by atoms with Gasteiger partial charge in [0.25, 0.3) is 11.8 Å². The maximum Gasteiger partial charge on any atom is 0.259 e. The number of hydrogen-bond donors (Lipinski definition) is 3. The number of aliphatic hydroxyl groups excluding tert-OH is 1. The Bertz CT molecular complexity index is 1130. The van der Waals surface area contributed by atoms with E-state index in [0.717, 1.165) is 10.8 Å². The maximum absolute atomic E-state index is 12.9. The van der Waals surface area contributed by atoms with Gasteiger partial charge in [-0.25, -0.2) is 4.98 Å². The van der Waals surface area contributed by atoms with Gasteiger partial charge in [-0.3, -0.25) is 9.59 Å². The highest BCUT2D eigenvalue weighted by molar-refractivity contribution is 14.1. The van der Waals surface area contributed by atoms with Crippen molar-refractivity contribution in [2.75, 3.05) is 26.9 Å². The second kappa shape index (κ2) is 9.35. The van der Waals surface area contributed by atoms with Gasteiger partial charge in [0.2, 0.25) is 0 Å². The van der Waals surface area contributed by atoms with E-state index in [9.17, 15) is 14.7 Å². The minimum absolute atomic E-state index is 0.193. The first-order valence-electron chi connectivity index (χ1n) is 9.41. The fraction of sp³-hybridized carbons (Fsp3) is 0.190. The second-order valence-electron chi connectivity index (χ2n) is 6.88. The van der Waals surface area contributed by atoms with E-state index < -0.39 is 24.0 Å². The van der Waals surface area contributed by atoms with Crippen molar-refractivity contribution in [1.82, 2.24) is 4.98 Å². The van der Waals surface area contributed by atoms with Crippen LogP contribution in [-0.4, -0.2) is 47.3 Å². The highest BCUT2D eigenvalue weighted by Gasteiger charge is 2.39. The number of aliphatic hydroxyl groups is 1. The minimum atomic E-state index is -1.66. The Morgan fingerprint density at radius 1 is 1.26 bits per heavy atom. The number of anilines is 3. The Morgan fingerprint density at radius 2 is 2.03 bits per heavy atom. The highest BCUT2D eigenvalue weighted by Crippen LogP contribution is 2.26. The van der Waals surface area contributed by atoms with E-state index in [4.69, 9.17) is 16.3 Å². The van der Waals surface area contributed by atoms with Crippen LogP contribution in [0.25, 0.3) is 10.8 Å². The van der Waals surface area contributed by atoms with Crippen LogP contribution in [0.1, 0.15) is 0 Å². The van der Waals surface area contributed by atoms with Gasteiger partial charge in [0, 0.05) is 34.5 Å². The van der Waals surface area contributed by atoms with Crippen molar-refractivity contribution in [3.05, 3.63) is 59.8 Å². The molecular formula is C21H18ClIN4O4. The molecular weight excluding hydrogens is 535 g/mol. The number of carbonyl (C=O) groups is 2. The molecule has 1 saturated heterocycles. The lowest BCUT2D eigenvalue weighted by Gasteiger charge is -2.34. The number of carbonyl (C=O) groups excluding carboxylic acids is 2. The summed E-state index contributed by atoms with van der Waals surface area (Å²) in [7, 11) is 0. The quantitative estimate of drug-likeness (QED) is 0.331. The summed E-state index contributed by atoms with van der Waals surface area (Å²) in [5.41, 5.74) is 1.11. The lowest BCUT2D eigenvalue weighted by Crippen LogP contribution is -2.55. The molecule has 2 amide bonds. The van der Waals surface area contributed by atoms with Crippen LogP contribution < -0.4 is 13.7 Å². The maximum atomic E-state index is 12.9. The molecule has 4 rings (SSSR count). The fourth-order valence-electron chi connectivity index (χ4n) is 3.39. The Balaban J connectivity index is 1.49. The first kappa shape index (κ1) is 21.8. The molecule has 2 atom stereocenters. The Kier molecular flexibility index (Phi) is 6.56. The summed E-state index contributed by atoms with van der Waals surface area (Å²) in [5.74, 6) is -0.505. The number of nitrogens with one attached hydrogen (secondary N) is 2. The Labute approximate surface area is 197 Å². The molecule has 0 aliphatic carbocycles. The third-order valence-corrected chi connectivity index (χ3v) is 5.70. The standard InChI is InChI=1S/C21H18ClIN4O4/c22-13-1-4-15(5-2-13)27-9-10-31-18(21(27)30)17(28)20(29)25-14-3-6-16-12(11-14)7-8-24-19(16)26-23/h1-8,11,17-18,28H,9-10H2,(H,24,26)(H,25,29)/t17-,18-/m1/s1. The summed E-state index contributed by atoms with van der Waals surface area (Å²) < 4.78 is 8.42. The molecule has 1 aromatic heterocycles. The normalized spacial score (nSPS) is 17.5. The third-order valence-electron chi connectivity index (χ3n) is 4.94. The average Bonchev–Trinajstić information content (AvgIpc) is 2.79. The van der Waals surface area contributed by atoms with Crippen LogP contribution >= 0.6 is 34.5 Å². The molecule has 0 radical (unpaired) electrons. The van der Waals surface area contributed by atoms with E-state index in [1.54, 1.807) is 42.6 Å². The van der Waals surface area contributed by atoms with Crippen LogP contribution in [0.4, 0.5) is 17.2 Å². The molecule has 160 valence electrons. The zero-order chi connectivity index (χ0) is 22.0. The first-order chi connectivity index (χ1) is 15.0. The van der Waals surface area contributed by atoms with Gasteiger partial charge < -0.3 is 23.6 Å². The lowest BCUT2D eigenvalue weighted by molar-refractivity contribution is -0.150. The van der Waals surface area contributed by atoms with Crippen LogP contribution in [0, 0.1) is 0 Å². The molecule has 0 unspecified atom stereocenters. The number of halogens is 2. The molecule has 3 aromatic rings. The highest BCUT2D eigenvalue weighted by atomic mass is 127. The van der Waals surface area contributed by atoms with E-state index >= 15 is 0 Å². The molecule has 0 saturated carbocycles. The minimum Gasteiger partial charge on any atom is -0.380 e. The summed E-state index contributed by atoms with van der Waals surface area (Å²) in [5, 5.41) is 15.5. The van der Waals surface area contributed by atoms with Gasteiger partial charge >= 0.3 is 0 Å². The zero-order valence-electron chi connectivity index (χ0n) is 16.1. The molecule has 0 spiro atoms. The third kappa shape index (κ3) is 4.59. The molecule has 3 N–H and O–H groups in total. The average molecular weight is 553 g/mol. The largest absolute Gasteiger partial charge is 0.380 e. The number of morpholine rings is 1. The van der Waals surface area contributed by atoms with E-state index in [1.807, 2.05) is 35.0 Å². The number of aromatic nitrogens is 1. The van der Waals surface area contributed by atoms with Gasteiger partial charge in [0.1, 0.15) is 5.82 Å². The van der Waals surface area contributed by atoms with Crippen molar-refractivity contribution in [3.63, 3.8) is 0 Å². The van der Waals surface area contributed by atoms with Crippen LogP contribution in [0.15, 0.2) is 54.7 Å². The van der Waals surface area contributed by atoms with E-state index in [0.29, 0.717) is 28.8 Å². The van der Waals surface area contributed by atoms with Gasteiger partial charge in [0.15, 0.2) is 12.2 Å². The number of fused-ring (bicyclic) bond motifs is 1. The molecule has 2 aromatic carbocycles. The topological polar surface area (TPSA) is 104 Å². The molecule has 2 heterocycles. The molecule has 31 heavy (non-hydrogen) atoms. The Hall–Kier alpha value is -2.47. The van der Waals surface area contributed by atoms with Gasteiger partial charge in [0.05, 0.1) is 29.5 Å². The van der Waals surface area contributed by atoms with Crippen LogP contribution in [0.3, 0.4) is 0 Å². The van der Waals surface area contributed by atoms with Crippen LogP contribution in [-0.2, 0) is 14.3 Å². The zero-order valence-corrected chi connectivity index (χ0v) is 19.0. The van der Waals surface area contributed by atoms with Gasteiger partial charge in [-0.2, -0.15) is 0 Å². The first-order valence-corrected chi connectivity index (χ1v) is 10.9. The number of nitrogens with zero attached hydrogens (tertiary/aromatic N) is 2. The molecule has 10 heteroatoms. The van der Waals surface area contributed by atoms with Crippen LogP contribution in [0.2, 0.25) is 5.02 Å². The molecule has 1 aliphatic rings. The number of hydrogen-bond acceptors (Lipinski definition) is 6. The van der Waals surface area contributed by atoms with Gasteiger partial charge in [-0.05, 0) is 53.9 Å². The Morgan fingerprint density at radius 3 is 2.77 bits per heavy atom. The van der Waals surface area contributed by atoms with Crippen molar-refractivity contribution in [1.29, 1.82) is 0 Å². The molecule has 1 aliphatic heterocycles. The van der Waals surface area contributed by atoms with Crippen molar-refractivity contribution in [3.8, 4) is 0 Å². The van der Waals surface area contributed by atoms with Crippen molar-refractivity contribution in [2.24, 2.45) is 0 Å². The number of pyridine rings is 1. The summed E-state index contributed by atoms with van der Waals surface area (Å²) in [6.45, 7) is 0.510. The van der Waals surface area contributed by atoms with Crippen molar-refractivity contribution < 1.29 is 19.4 Å². The summed E-state index contributed by atoms with van der Waals surface area (Å²) in [6, 6.07) is 13.9. The van der Waals surface area contributed by atoms with E-state index in [-0.39, 0.29) is 6.61 Å². The van der Waals surface area contributed by atoms with Crippen LogP contribution in [0.5, 0.6) is 0 Å². The number of benzene rings is 2. The molecule has 0 bridgehead atoms. The van der Waals surface area contributed by atoms with E-state index in [1.165, 1.54) is 4.90 Å². The SMILES string of the molecule is O=C(Nc1ccc2c(NI)nccc2c1)[C@H](O)[C@H]1OCCN(c2ccc(Cl)cc2)C1=O. The number of ether oxygens (including phenoxy) is 1. The fourth-order valence-corrected chi connectivity index (χ4v) is 3.95. The summed E-state index contributed by atoms with van der Waals surface area (Å²) in [4.78, 5) is 31.2. The van der Waals surface area contributed by atoms with Crippen molar-refractivity contribution in [2.45, 2.75) is 12.2 Å². The second-order valence-corrected chi connectivity index (χ2v) is 7.86. The van der Waals surface area contributed by atoms with E-state index in [2.05, 4.69) is 13.8 Å². The molecule has 8 nitrogen and oxygen atoms in total. The number of amides is 2. The van der Waals surface area contributed by atoms with Crippen molar-refractivity contribution >= 4 is 74.2 Å². The number of rotatable bonds is 5. The smallest absolute Gasteiger partial charge is 0.259 e. The van der Waals surface area contributed by atoms with Gasteiger partial charge in [-0.1, -0.05) is 11.6 Å².